The summed E-state index contributed by atoms with van der Waals surface area (Å²) in [7, 11) is 0. The summed E-state index contributed by atoms with van der Waals surface area (Å²) in [5.74, 6) is -1.28. The van der Waals surface area contributed by atoms with Gasteiger partial charge in [0.2, 0.25) is 5.91 Å². The molecular weight excluding hydrogens is 572 g/mol. The molecule has 0 fully saturated rings. The van der Waals surface area contributed by atoms with E-state index in [-0.39, 0.29) is 17.9 Å². The number of nitrogens with one attached hydrogen (secondary N) is 2. The van der Waals surface area contributed by atoms with Gasteiger partial charge in [0.15, 0.2) is 0 Å². The largest absolute Gasteiger partial charge is 0.508 e. The average molecular weight is 609 g/mol. The maximum atomic E-state index is 14.3. The molecule has 0 spiro atoms. The van der Waals surface area contributed by atoms with Crippen LogP contribution in [0.5, 0.6) is 11.5 Å². The van der Waals surface area contributed by atoms with E-state index >= 15 is 0 Å². The van der Waals surface area contributed by atoms with E-state index in [1.165, 1.54) is 24.3 Å². The van der Waals surface area contributed by atoms with Crippen LogP contribution in [0.25, 0.3) is 10.8 Å². The lowest BCUT2D eigenvalue weighted by Crippen LogP contribution is -2.53. The molecule has 10 heteroatoms. The fourth-order valence-corrected chi connectivity index (χ4v) is 4.89. The number of aryl methyl sites for hydroxylation is 1. The minimum atomic E-state index is -1.31. The average Bonchev–Trinajstić information content (AvgIpc) is 2.98. The quantitative estimate of drug-likeness (QED) is 0.177. The van der Waals surface area contributed by atoms with E-state index in [1.54, 1.807) is 58.0 Å². The zero-order chi connectivity index (χ0) is 32.7. The number of phenolic OH excluding ortho intramolecular Hbond substituents is 2. The molecule has 0 aliphatic carbocycles. The van der Waals surface area contributed by atoms with Crippen molar-refractivity contribution in [1.82, 2.24) is 10.2 Å². The van der Waals surface area contributed by atoms with Gasteiger partial charge in [-0.25, -0.2) is 4.79 Å². The fourth-order valence-electron chi connectivity index (χ4n) is 4.89. The molecule has 0 aromatic heterocycles. The lowest BCUT2D eigenvalue weighted by atomic mass is 9.98. The van der Waals surface area contributed by atoms with Gasteiger partial charge in [0.05, 0.1) is 6.07 Å². The molecule has 2 atom stereocenters. The van der Waals surface area contributed by atoms with Crippen molar-refractivity contribution >= 4 is 34.4 Å². The molecule has 10 nitrogen and oxygen atoms in total. The molecule has 0 heterocycles. The molecule has 0 radical (unpaired) electrons. The summed E-state index contributed by atoms with van der Waals surface area (Å²) in [6, 6.07) is 23.1. The van der Waals surface area contributed by atoms with Crippen LogP contribution in [-0.4, -0.2) is 51.2 Å². The van der Waals surface area contributed by atoms with Gasteiger partial charge >= 0.3 is 6.09 Å². The van der Waals surface area contributed by atoms with Gasteiger partial charge in [0, 0.05) is 12.1 Å². The van der Waals surface area contributed by atoms with E-state index in [1.807, 2.05) is 36.4 Å². The maximum Gasteiger partial charge on any atom is 0.408 e. The Hall–Kier alpha value is -5.56. The Labute approximate surface area is 261 Å². The topological polar surface area (TPSA) is 152 Å². The van der Waals surface area contributed by atoms with Crippen LogP contribution in [0.4, 0.5) is 10.5 Å². The van der Waals surface area contributed by atoms with Crippen molar-refractivity contribution in [2.75, 3.05) is 11.9 Å². The summed E-state index contributed by atoms with van der Waals surface area (Å²) >= 11 is 0. The summed E-state index contributed by atoms with van der Waals surface area (Å²) in [6.45, 7) is 6.23. The predicted molar refractivity (Wildman–Crippen MR) is 170 cm³/mol. The van der Waals surface area contributed by atoms with Crippen LogP contribution in [0.2, 0.25) is 0 Å². The van der Waals surface area contributed by atoms with Gasteiger partial charge in [-0.1, -0.05) is 48.5 Å². The van der Waals surface area contributed by atoms with Crippen molar-refractivity contribution in [2.45, 2.75) is 51.8 Å². The Morgan fingerprint density at radius 2 is 1.62 bits per heavy atom. The van der Waals surface area contributed by atoms with Crippen molar-refractivity contribution in [1.29, 1.82) is 5.26 Å². The number of alkyl carbamates (subject to hydrolysis) is 1. The normalized spacial score (nSPS) is 12.4. The highest BCUT2D eigenvalue weighted by Gasteiger charge is 2.37. The van der Waals surface area contributed by atoms with Crippen molar-refractivity contribution in [2.24, 2.45) is 0 Å². The Kier molecular flexibility index (Phi) is 9.94. The number of carbonyl (C=O) groups is 3. The van der Waals surface area contributed by atoms with Crippen LogP contribution in [0.1, 0.15) is 43.5 Å². The lowest BCUT2D eigenvalue weighted by Gasteiger charge is -2.33. The first-order valence-electron chi connectivity index (χ1n) is 14.4. The Balaban J connectivity index is 1.75. The number of nitrogens with zero attached hydrogens (tertiary/aromatic N) is 2. The Morgan fingerprint density at radius 1 is 0.933 bits per heavy atom. The summed E-state index contributed by atoms with van der Waals surface area (Å²) in [6.07, 6.45) is -0.873. The smallest absolute Gasteiger partial charge is 0.408 e. The molecule has 0 aliphatic rings. The standard InChI is InChI=1S/C35H36N4O6/c1-22-19-26(12-16-30(22)41)31(32(42)37-27-13-11-24-7-5-6-8-25(24)21-27)39(18-17-36)33(43)29(38-34(44)45-35(2,3)4)20-23-9-14-28(40)15-10-23/h5-16,19,21,29,31,40-41H,18,20H2,1-4H3,(H,37,42)(H,38,44). The Bertz CT molecular complexity index is 1740. The number of fused-ring (bicyclic) bond motifs is 1. The number of nitriles is 1. The molecule has 4 aromatic carbocycles. The Morgan fingerprint density at radius 3 is 2.27 bits per heavy atom. The van der Waals surface area contributed by atoms with Gasteiger partial charge in [-0.2, -0.15) is 5.26 Å². The van der Waals surface area contributed by atoms with Gasteiger partial charge < -0.3 is 30.5 Å². The highest BCUT2D eigenvalue weighted by molar-refractivity contribution is 6.00. The molecule has 0 saturated carbocycles. The van der Waals surface area contributed by atoms with Crippen LogP contribution in [0, 0.1) is 18.3 Å². The van der Waals surface area contributed by atoms with E-state index in [0.29, 0.717) is 22.4 Å². The lowest BCUT2D eigenvalue weighted by molar-refractivity contribution is -0.140. The molecule has 4 rings (SSSR count). The maximum absolute atomic E-state index is 14.3. The van der Waals surface area contributed by atoms with Crippen molar-refractivity contribution in [3.8, 4) is 17.6 Å². The number of ether oxygens (including phenoxy) is 1. The second-order valence-corrected chi connectivity index (χ2v) is 11.7. The minimum absolute atomic E-state index is 0.00222. The first-order valence-corrected chi connectivity index (χ1v) is 14.4. The zero-order valence-corrected chi connectivity index (χ0v) is 25.6. The van der Waals surface area contributed by atoms with E-state index in [9.17, 15) is 29.9 Å². The summed E-state index contributed by atoms with van der Waals surface area (Å²) in [5, 5.41) is 37.2. The SMILES string of the molecule is Cc1cc(C(C(=O)Nc2ccc3ccccc3c2)N(CC#N)C(=O)C(Cc2ccc(O)cc2)NC(=O)OC(C)(C)C)ccc1O. The molecule has 0 bridgehead atoms. The number of rotatable bonds is 9. The molecule has 4 N–H and O–H groups in total. The first-order chi connectivity index (χ1) is 21.3. The molecule has 2 unspecified atom stereocenters. The molecule has 0 aliphatic heterocycles. The van der Waals surface area contributed by atoms with Crippen LogP contribution in [0.3, 0.4) is 0 Å². The second kappa shape index (κ2) is 13.8. The molecule has 45 heavy (non-hydrogen) atoms. The summed E-state index contributed by atoms with van der Waals surface area (Å²) in [5.41, 5.74) is 1.06. The van der Waals surface area contributed by atoms with Crippen LogP contribution >= 0.6 is 0 Å². The zero-order valence-electron chi connectivity index (χ0n) is 25.6. The van der Waals surface area contributed by atoms with Gasteiger partial charge in [-0.3, -0.25) is 9.59 Å². The summed E-state index contributed by atoms with van der Waals surface area (Å²) < 4.78 is 5.42. The first kappa shape index (κ1) is 32.4. The van der Waals surface area contributed by atoms with E-state index < -0.39 is 42.1 Å². The predicted octanol–water partition coefficient (Wildman–Crippen LogP) is 5.73. The van der Waals surface area contributed by atoms with Crippen molar-refractivity contribution in [3.05, 3.63) is 102 Å². The summed E-state index contributed by atoms with van der Waals surface area (Å²) in [4.78, 5) is 42.4. The number of amides is 3. The van der Waals surface area contributed by atoms with Gasteiger partial charge in [-0.15, -0.1) is 0 Å². The minimum Gasteiger partial charge on any atom is -0.508 e. The number of phenols is 2. The van der Waals surface area contributed by atoms with Gasteiger partial charge in [-0.05, 0) is 91.6 Å². The van der Waals surface area contributed by atoms with Crippen molar-refractivity contribution < 1.29 is 29.3 Å². The number of carbonyl (C=O) groups excluding carboxylic acids is 3. The molecule has 0 saturated heterocycles. The number of hydrogen-bond acceptors (Lipinski definition) is 7. The molecule has 3 amide bonds. The van der Waals surface area contributed by atoms with E-state index in [0.717, 1.165) is 15.7 Å². The highest BCUT2D eigenvalue weighted by atomic mass is 16.6. The fraction of sp³-hybridized carbons (Fsp3) is 0.257. The van der Waals surface area contributed by atoms with E-state index in [4.69, 9.17) is 4.74 Å². The number of aromatic hydroxyl groups is 2. The molecular formula is C35H36N4O6. The molecule has 232 valence electrons. The van der Waals surface area contributed by atoms with Gasteiger partial charge in [0.1, 0.15) is 35.7 Å². The number of anilines is 1. The monoisotopic (exact) mass is 608 g/mol. The van der Waals surface area contributed by atoms with Crippen LogP contribution in [-0.2, 0) is 20.7 Å². The third kappa shape index (κ3) is 8.51. The van der Waals surface area contributed by atoms with Crippen LogP contribution in [0.15, 0.2) is 84.9 Å². The number of hydrogen-bond donors (Lipinski definition) is 4. The van der Waals surface area contributed by atoms with E-state index in [2.05, 4.69) is 10.6 Å². The van der Waals surface area contributed by atoms with Crippen molar-refractivity contribution in [3.63, 3.8) is 0 Å². The highest BCUT2D eigenvalue weighted by Crippen LogP contribution is 2.29. The third-order valence-corrected chi connectivity index (χ3v) is 7.00. The van der Waals surface area contributed by atoms with Gasteiger partial charge in [0.25, 0.3) is 5.91 Å². The second-order valence-electron chi connectivity index (χ2n) is 11.7. The molecule has 4 aromatic rings. The number of benzene rings is 4. The third-order valence-electron chi connectivity index (χ3n) is 7.00. The van der Waals surface area contributed by atoms with Crippen LogP contribution < -0.4 is 10.6 Å².